The lowest BCUT2D eigenvalue weighted by Crippen LogP contribution is -2.09. The molecule has 0 saturated heterocycles. The summed E-state index contributed by atoms with van der Waals surface area (Å²) in [4.78, 5) is 18.8. The normalized spacial score (nSPS) is 10.6. The summed E-state index contributed by atoms with van der Waals surface area (Å²) >= 11 is 2.97. The van der Waals surface area contributed by atoms with Crippen LogP contribution >= 0.6 is 22.7 Å². The van der Waals surface area contributed by atoms with E-state index in [0.717, 1.165) is 29.8 Å². The molecule has 3 rings (SSSR count). The van der Waals surface area contributed by atoms with E-state index in [-0.39, 0.29) is 5.91 Å². The summed E-state index contributed by atoms with van der Waals surface area (Å²) in [6.45, 7) is 2.14. The summed E-state index contributed by atoms with van der Waals surface area (Å²) in [6, 6.07) is 11.5. The van der Waals surface area contributed by atoms with Crippen molar-refractivity contribution in [2.24, 2.45) is 0 Å². The van der Waals surface area contributed by atoms with Crippen LogP contribution in [0.25, 0.3) is 11.3 Å². The highest BCUT2D eigenvalue weighted by Crippen LogP contribution is 2.33. The van der Waals surface area contributed by atoms with E-state index in [1.165, 1.54) is 16.2 Å². The summed E-state index contributed by atoms with van der Waals surface area (Å²) in [5.74, 6) is 0.709. The monoisotopic (exact) mass is 358 g/mol. The lowest BCUT2D eigenvalue weighted by atomic mass is 10.1. The minimum absolute atomic E-state index is 0.108. The number of nitrogens with one attached hydrogen (secondary N) is 1. The molecule has 0 aliphatic rings. The van der Waals surface area contributed by atoms with Crippen molar-refractivity contribution < 1.29 is 9.53 Å². The predicted molar refractivity (Wildman–Crippen MR) is 100 cm³/mol. The molecule has 1 aromatic carbocycles. The van der Waals surface area contributed by atoms with Crippen molar-refractivity contribution in [1.29, 1.82) is 0 Å². The Morgan fingerprint density at radius 2 is 2.04 bits per heavy atom. The van der Waals surface area contributed by atoms with Gasteiger partial charge in [0.25, 0.3) is 5.91 Å². The molecule has 0 radical (unpaired) electrons. The molecule has 0 bridgehead atoms. The minimum Gasteiger partial charge on any atom is -0.497 e. The number of hydrogen-bond donors (Lipinski definition) is 1. The quantitative estimate of drug-likeness (QED) is 0.668. The molecular formula is C18H18N2O2S2. The van der Waals surface area contributed by atoms with E-state index in [4.69, 9.17) is 4.74 Å². The van der Waals surface area contributed by atoms with E-state index in [1.807, 2.05) is 41.8 Å². The highest BCUT2D eigenvalue weighted by Gasteiger charge is 2.15. The van der Waals surface area contributed by atoms with E-state index in [2.05, 4.69) is 17.2 Å². The average Bonchev–Trinajstić information content (AvgIpc) is 3.25. The van der Waals surface area contributed by atoms with Crippen LogP contribution < -0.4 is 10.1 Å². The number of amides is 1. The van der Waals surface area contributed by atoms with Gasteiger partial charge in [-0.1, -0.05) is 19.4 Å². The number of anilines is 1. The van der Waals surface area contributed by atoms with Gasteiger partial charge in [-0.15, -0.1) is 22.7 Å². The number of methoxy groups -OCH3 is 1. The molecule has 4 nitrogen and oxygen atoms in total. The highest BCUT2D eigenvalue weighted by molar-refractivity contribution is 7.16. The third-order valence-corrected chi connectivity index (χ3v) is 5.40. The number of aromatic nitrogens is 1. The fourth-order valence-corrected chi connectivity index (χ4v) is 4.04. The molecule has 0 aliphatic carbocycles. The maximum absolute atomic E-state index is 12.2. The zero-order chi connectivity index (χ0) is 16.9. The average molecular weight is 358 g/mol. The second-order valence-corrected chi connectivity index (χ2v) is 7.23. The molecule has 0 aliphatic heterocycles. The van der Waals surface area contributed by atoms with E-state index >= 15 is 0 Å². The largest absolute Gasteiger partial charge is 0.497 e. The molecule has 0 spiro atoms. The third kappa shape index (κ3) is 3.66. The predicted octanol–water partition coefficient (Wildman–Crippen LogP) is 5.09. The molecule has 2 aromatic heterocycles. The molecule has 0 saturated carbocycles. The smallest absolute Gasteiger partial charge is 0.267 e. The van der Waals surface area contributed by atoms with Crippen molar-refractivity contribution in [3.05, 3.63) is 51.5 Å². The number of carbonyl (C=O) groups excluding carboxylic acids is 1. The number of hydrogen-bond acceptors (Lipinski definition) is 5. The molecule has 1 amide bonds. The van der Waals surface area contributed by atoms with Crippen molar-refractivity contribution in [3.63, 3.8) is 0 Å². The Bertz CT molecular complexity index is 808. The summed E-state index contributed by atoms with van der Waals surface area (Å²) < 4.78 is 5.21. The first-order valence-electron chi connectivity index (χ1n) is 7.70. The Hall–Kier alpha value is -2.18. The Morgan fingerprint density at radius 1 is 1.25 bits per heavy atom. The number of carbonyl (C=O) groups is 1. The van der Waals surface area contributed by atoms with Gasteiger partial charge in [0.2, 0.25) is 0 Å². The fraction of sp³-hybridized carbons (Fsp3) is 0.222. The van der Waals surface area contributed by atoms with E-state index < -0.39 is 0 Å². The molecule has 0 atom stereocenters. The number of rotatable bonds is 6. The first-order valence-corrected chi connectivity index (χ1v) is 9.40. The lowest BCUT2D eigenvalue weighted by molar-refractivity contribution is 0.103. The topological polar surface area (TPSA) is 51.2 Å². The Labute approximate surface area is 149 Å². The van der Waals surface area contributed by atoms with Crippen LogP contribution in [0.1, 0.15) is 27.9 Å². The van der Waals surface area contributed by atoms with Crippen LogP contribution in [0.15, 0.2) is 41.8 Å². The SMILES string of the molecule is CCCc1sc(NC(=O)c2cccs2)nc1-c1ccc(OC)cc1. The van der Waals surface area contributed by atoms with Crippen molar-refractivity contribution in [3.8, 4) is 17.0 Å². The first-order chi connectivity index (χ1) is 11.7. The molecule has 2 heterocycles. The summed E-state index contributed by atoms with van der Waals surface area (Å²) in [6.07, 6.45) is 1.97. The minimum atomic E-state index is -0.108. The van der Waals surface area contributed by atoms with Gasteiger partial charge >= 0.3 is 0 Å². The molecule has 124 valence electrons. The summed E-state index contributed by atoms with van der Waals surface area (Å²) in [5.41, 5.74) is 1.97. The van der Waals surface area contributed by atoms with Gasteiger partial charge in [0.1, 0.15) is 5.75 Å². The zero-order valence-corrected chi connectivity index (χ0v) is 15.2. The van der Waals surface area contributed by atoms with Crippen molar-refractivity contribution in [2.75, 3.05) is 12.4 Å². The van der Waals surface area contributed by atoms with Crippen LogP contribution in [0.4, 0.5) is 5.13 Å². The number of nitrogens with zero attached hydrogens (tertiary/aromatic N) is 1. The van der Waals surface area contributed by atoms with Crippen LogP contribution in [0.2, 0.25) is 0 Å². The highest BCUT2D eigenvalue weighted by atomic mass is 32.1. The second-order valence-electron chi connectivity index (χ2n) is 5.20. The van der Waals surface area contributed by atoms with Crippen LogP contribution in [0, 0.1) is 0 Å². The van der Waals surface area contributed by atoms with Crippen LogP contribution in [0.3, 0.4) is 0 Å². The number of thiazole rings is 1. The summed E-state index contributed by atoms with van der Waals surface area (Å²) in [5, 5.41) is 5.44. The maximum atomic E-state index is 12.2. The van der Waals surface area contributed by atoms with Gasteiger partial charge in [-0.2, -0.15) is 0 Å². The Balaban J connectivity index is 1.88. The Kier molecular flexibility index (Phi) is 5.27. The Morgan fingerprint density at radius 3 is 2.67 bits per heavy atom. The standard InChI is InChI=1S/C18H18N2O2S2/c1-3-5-14-16(12-7-9-13(22-2)10-8-12)19-18(24-14)20-17(21)15-6-4-11-23-15/h4,6-11H,3,5H2,1-2H3,(H,19,20,21). The summed E-state index contributed by atoms with van der Waals surface area (Å²) in [7, 11) is 1.65. The lowest BCUT2D eigenvalue weighted by Gasteiger charge is -2.03. The van der Waals surface area contributed by atoms with Gasteiger partial charge < -0.3 is 4.74 Å². The molecule has 6 heteroatoms. The number of aryl methyl sites for hydroxylation is 1. The van der Waals surface area contributed by atoms with Gasteiger partial charge in [0.15, 0.2) is 5.13 Å². The van der Waals surface area contributed by atoms with Gasteiger partial charge in [-0.05, 0) is 42.1 Å². The molecule has 1 N–H and O–H groups in total. The first kappa shape index (κ1) is 16.7. The van der Waals surface area contributed by atoms with Crippen molar-refractivity contribution in [1.82, 2.24) is 4.98 Å². The van der Waals surface area contributed by atoms with Crippen molar-refractivity contribution in [2.45, 2.75) is 19.8 Å². The van der Waals surface area contributed by atoms with Gasteiger partial charge in [0, 0.05) is 10.4 Å². The van der Waals surface area contributed by atoms with Crippen LogP contribution in [-0.4, -0.2) is 18.0 Å². The molecule has 24 heavy (non-hydrogen) atoms. The molecule has 3 aromatic rings. The zero-order valence-electron chi connectivity index (χ0n) is 13.5. The van der Waals surface area contributed by atoms with E-state index in [9.17, 15) is 4.79 Å². The number of benzene rings is 1. The molecular weight excluding hydrogens is 340 g/mol. The third-order valence-electron chi connectivity index (χ3n) is 3.50. The van der Waals surface area contributed by atoms with Gasteiger partial charge in [-0.25, -0.2) is 4.98 Å². The molecule has 0 fully saturated rings. The van der Waals surface area contributed by atoms with Gasteiger partial charge in [-0.3, -0.25) is 10.1 Å². The van der Waals surface area contributed by atoms with E-state index in [0.29, 0.717) is 10.0 Å². The van der Waals surface area contributed by atoms with Gasteiger partial charge in [0.05, 0.1) is 17.7 Å². The number of thiophene rings is 1. The maximum Gasteiger partial charge on any atom is 0.267 e. The second kappa shape index (κ2) is 7.59. The number of ether oxygens (including phenoxy) is 1. The van der Waals surface area contributed by atoms with Crippen LogP contribution in [-0.2, 0) is 6.42 Å². The fourth-order valence-electron chi connectivity index (χ4n) is 2.34. The van der Waals surface area contributed by atoms with Crippen molar-refractivity contribution >= 4 is 33.7 Å². The van der Waals surface area contributed by atoms with Crippen LogP contribution in [0.5, 0.6) is 5.75 Å². The molecule has 0 unspecified atom stereocenters. The van der Waals surface area contributed by atoms with E-state index in [1.54, 1.807) is 18.4 Å².